The zero-order valence-electron chi connectivity index (χ0n) is 16.4. The Bertz CT molecular complexity index is 1050. The number of benzene rings is 1. The molecule has 0 unspecified atom stereocenters. The average Bonchev–Trinajstić information content (AvgIpc) is 3.15. The highest BCUT2D eigenvalue weighted by Crippen LogP contribution is 2.34. The molecular weight excluding hydrogens is 392 g/mol. The molecule has 0 atom stereocenters. The minimum atomic E-state index is -0.375. The summed E-state index contributed by atoms with van der Waals surface area (Å²) in [5.41, 5.74) is 1.83. The molecule has 2 amide bonds. The molecule has 8 nitrogen and oxygen atoms in total. The molecule has 0 saturated carbocycles. The van der Waals surface area contributed by atoms with Gasteiger partial charge in [-0.15, -0.1) is 11.3 Å². The van der Waals surface area contributed by atoms with E-state index < -0.39 is 0 Å². The summed E-state index contributed by atoms with van der Waals surface area (Å²) in [7, 11) is 4.47. The highest BCUT2D eigenvalue weighted by atomic mass is 32.1. The average molecular weight is 412 g/mol. The molecule has 29 heavy (non-hydrogen) atoms. The normalized spacial score (nSPS) is 10.3. The largest absolute Gasteiger partial charge is 0.493 e. The van der Waals surface area contributed by atoms with E-state index in [1.54, 1.807) is 19.2 Å². The van der Waals surface area contributed by atoms with Crippen LogP contribution in [0.15, 0.2) is 36.5 Å². The van der Waals surface area contributed by atoms with Gasteiger partial charge in [-0.1, -0.05) is 6.07 Å². The van der Waals surface area contributed by atoms with E-state index in [0.717, 1.165) is 0 Å². The number of pyridine rings is 1. The second-order valence-corrected chi connectivity index (χ2v) is 6.93. The number of aryl methyl sites for hydroxylation is 1. The first-order valence-electron chi connectivity index (χ1n) is 8.66. The molecule has 1 aromatic carbocycles. The van der Waals surface area contributed by atoms with Gasteiger partial charge in [0.1, 0.15) is 9.88 Å². The smallest absolute Gasteiger partial charge is 0.267 e. The third kappa shape index (κ3) is 4.19. The van der Waals surface area contributed by atoms with E-state index in [9.17, 15) is 9.59 Å². The number of carbonyl (C=O) groups is 2. The first-order chi connectivity index (χ1) is 14.0. The SMILES string of the molecule is CNC(=O)c1cc(OC)c(OC)cc1NC(=O)c1sc(-c2ccccn2)nc1C. The lowest BCUT2D eigenvalue weighted by Crippen LogP contribution is -2.21. The van der Waals surface area contributed by atoms with E-state index in [0.29, 0.717) is 38.5 Å². The fraction of sp³-hybridized carbons (Fsp3) is 0.200. The minimum Gasteiger partial charge on any atom is -0.493 e. The fourth-order valence-electron chi connectivity index (χ4n) is 2.69. The summed E-state index contributed by atoms with van der Waals surface area (Å²) in [6, 6.07) is 8.58. The second-order valence-electron chi connectivity index (χ2n) is 5.93. The van der Waals surface area contributed by atoms with Crippen LogP contribution in [0.5, 0.6) is 11.5 Å². The summed E-state index contributed by atoms with van der Waals surface area (Å²) in [6.07, 6.45) is 1.67. The van der Waals surface area contributed by atoms with Crippen molar-refractivity contribution in [3.63, 3.8) is 0 Å². The van der Waals surface area contributed by atoms with E-state index in [1.807, 2.05) is 18.2 Å². The topological polar surface area (TPSA) is 102 Å². The second kappa shape index (κ2) is 8.70. The van der Waals surface area contributed by atoms with E-state index in [-0.39, 0.29) is 17.4 Å². The maximum absolute atomic E-state index is 12.9. The Kier molecular flexibility index (Phi) is 6.08. The Morgan fingerprint density at radius 3 is 2.41 bits per heavy atom. The van der Waals surface area contributed by atoms with Crippen LogP contribution in [-0.4, -0.2) is 43.0 Å². The van der Waals surface area contributed by atoms with Crippen molar-refractivity contribution in [3.8, 4) is 22.2 Å². The van der Waals surface area contributed by atoms with Crippen molar-refractivity contribution >= 4 is 28.8 Å². The molecule has 2 N–H and O–H groups in total. The number of amides is 2. The van der Waals surface area contributed by atoms with Crippen LogP contribution in [0.3, 0.4) is 0 Å². The first-order valence-corrected chi connectivity index (χ1v) is 9.48. The quantitative estimate of drug-likeness (QED) is 0.645. The van der Waals surface area contributed by atoms with Crippen LogP contribution >= 0.6 is 11.3 Å². The number of anilines is 1. The van der Waals surface area contributed by atoms with Crippen molar-refractivity contribution < 1.29 is 19.1 Å². The summed E-state index contributed by atoms with van der Waals surface area (Å²) < 4.78 is 10.5. The molecule has 0 fully saturated rings. The zero-order valence-corrected chi connectivity index (χ0v) is 17.2. The summed E-state index contributed by atoms with van der Waals surface area (Å²) in [5, 5.41) is 5.99. The molecule has 2 aromatic heterocycles. The molecular formula is C20H20N4O4S. The van der Waals surface area contributed by atoms with E-state index in [1.165, 1.54) is 38.7 Å². The predicted molar refractivity (Wildman–Crippen MR) is 111 cm³/mol. The third-order valence-electron chi connectivity index (χ3n) is 4.13. The fourth-order valence-corrected chi connectivity index (χ4v) is 3.63. The van der Waals surface area contributed by atoms with Gasteiger partial charge in [-0.05, 0) is 25.1 Å². The Hall–Kier alpha value is -3.46. The Labute approximate surface area is 171 Å². The molecule has 2 heterocycles. The molecule has 9 heteroatoms. The zero-order chi connectivity index (χ0) is 21.0. The number of rotatable bonds is 6. The van der Waals surface area contributed by atoms with Gasteiger partial charge in [0, 0.05) is 19.3 Å². The van der Waals surface area contributed by atoms with Crippen LogP contribution in [0.4, 0.5) is 5.69 Å². The highest BCUT2D eigenvalue weighted by Gasteiger charge is 2.21. The third-order valence-corrected chi connectivity index (χ3v) is 5.31. The lowest BCUT2D eigenvalue weighted by molar-refractivity contribution is 0.0963. The van der Waals surface area contributed by atoms with Crippen molar-refractivity contribution in [2.24, 2.45) is 0 Å². The number of nitrogens with one attached hydrogen (secondary N) is 2. The number of ether oxygens (including phenoxy) is 2. The monoisotopic (exact) mass is 412 g/mol. The van der Waals surface area contributed by atoms with Gasteiger partial charge in [0.2, 0.25) is 0 Å². The Balaban J connectivity index is 1.96. The number of nitrogens with zero attached hydrogens (tertiary/aromatic N) is 2. The van der Waals surface area contributed by atoms with Crippen LogP contribution in [0.25, 0.3) is 10.7 Å². The summed E-state index contributed by atoms with van der Waals surface area (Å²) in [5.74, 6) is 0.0390. The maximum atomic E-state index is 12.9. The summed E-state index contributed by atoms with van der Waals surface area (Å²) in [4.78, 5) is 34.4. The Morgan fingerprint density at radius 1 is 1.07 bits per heavy atom. The summed E-state index contributed by atoms with van der Waals surface area (Å²) >= 11 is 1.24. The number of aromatic nitrogens is 2. The highest BCUT2D eigenvalue weighted by molar-refractivity contribution is 7.17. The molecule has 3 rings (SSSR count). The first kappa shape index (κ1) is 20.3. The lowest BCUT2D eigenvalue weighted by Gasteiger charge is -2.14. The Morgan fingerprint density at radius 2 is 1.79 bits per heavy atom. The van der Waals surface area contributed by atoms with Gasteiger partial charge in [-0.2, -0.15) is 0 Å². The van der Waals surface area contributed by atoms with E-state index in [2.05, 4.69) is 20.6 Å². The molecule has 0 saturated heterocycles. The van der Waals surface area contributed by atoms with Gasteiger partial charge in [0.15, 0.2) is 11.5 Å². The predicted octanol–water partition coefficient (Wildman–Crippen LogP) is 3.14. The number of carbonyl (C=O) groups excluding carboxylic acids is 2. The number of thiazole rings is 1. The van der Waals surface area contributed by atoms with Crippen LogP contribution in [0, 0.1) is 6.92 Å². The van der Waals surface area contributed by atoms with Gasteiger partial charge < -0.3 is 20.1 Å². The van der Waals surface area contributed by atoms with E-state index >= 15 is 0 Å². The maximum Gasteiger partial charge on any atom is 0.267 e. The molecule has 0 radical (unpaired) electrons. The standard InChI is InChI=1S/C20H20N4O4S/c1-11-17(29-20(23-11)13-7-5-6-8-22-13)19(26)24-14-10-16(28-4)15(27-3)9-12(14)18(25)21-2/h5-10H,1-4H3,(H,21,25)(H,24,26). The molecule has 3 aromatic rings. The van der Waals surface area contributed by atoms with E-state index in [4.69, 9.17) is 9.47 Å². The lowest BCUT2D eigenvalue weighted by atomic mass is 10.1. The van der Waals surface area contributed by atoms with Crippen LogP contribution in [-0.2, 0) is 0 Å². The summed E-state index contributed by atoms with van der Waals surface area (Å²) in [6.45, 7) is 1.76. The number of hydrogen-bond donors (Lipinski definition) is 2. The molecule has 0 bridgehead atoms. The van der Waals surface area contributed by atoms with Gasteiger partial charge in [-0.25, -0.2) is 4.98 Å². The van der Waals surface area contributed by atoms with Crippen molar-refractivity contribution in [1.82, 2.24) is 15.3 Å². The molecule has 0 aliphatic heterocycles. The molecule has 150 valence electrons. The van der Waals surface area contributed by atoms with Gasteiger partial charge >= 0.3 is 0 Å². The number of methoxy groups -OCH3 is 2. The van der Waals surface area contributed by atoms with Crippen LogP contribution < -0.4 is 20.1 Å². The van der Waals surface area contributed by atoms with Gasteiger partial charge in [-0.3, -0.25) is 14.6 Å². The van der Waals surface area contributed by atoms with Crippen molar-refractivity contribution in [1.29, 1.82) is 0 Å². The van der Waals surface area contributed by atoms with Crippen LogP contribution in [0.1, 0.15) is 25.7 Å². The molecule has 0 aliphatic carbocycles. The van der Waals surface area contributed by atoms with Gasteiger partial charge in [0.25, 0.3) is 11.8 Å². The number of hydrogen-bond acceptors (Lipinski definition) is 7. The minimum absolute atomic E-state index is 0.255. The molecule has 0 aliphatic rings. The van der Waals surface area contributed by atoms with Crippen molar-refractivity contribution in [2.75, 3.05) is 26.6 Å². The molecule has 0 spiro atoms. The van der Waals surface area contributed by atoms with Gasteiger partial charge in [0.05, 0.1) is 36.9 Å². The van der Waals surface area contributed by atoms with Crippen molar-refractivity contribution in [2.45, 2.75) is 6.92 Å². The van der Waals surface area contributed by atoms with Crippen molar-refractivity contribution in [3.05, 3.63) is 52.7 Å². The van der Waals surface area contributed by atoms with Crippen LogP contribution in [0.2, 0.25) is 0 Å².